The third-order valence-corrected chi connectivity index (χ3v) is 2.47. The van der Waals surface area contributed by atoms with Crippen LogP contribution in [0.5, 0.6) is 0 Å². The Morgan fingerprint density at radius 1 is 0.947 bits per heavy atom. The van der Waals surface area contributed by atoms with Crippen molar-refractivity contribution in [2.75, 3.05) is 6.61 Å². The van der Waals surface area contributed by atoms with Gasteiger partial charge in [-0.15, -0.1) is 0 Å². The molecule has 1 unspecified atom stereocenters. The van der Waals surface area contributed by atoms with E-state index < -0.39 is 12.1 Å². The summed E-state index contributed by atoms with van der Waals surface area (Å²) in [4.78, 5) is 33.5. The summed E-state index contributed by atoms with van der Waals surface area (Å²) in [5.41, 5.74) is 0. The van der Waals surface area contributed by atoms with E-state index in [9.17, 15) is 14.4 Å². The Bertz CT molecular complexity index is 309. The van der Waals surface area contributed by atoms with Crippen LogP contribution in [-0.2, 0) is 23.9 Å². The van der Waals surface area contributed by atoms with Gasteiger partial charge in [-0.2, -0.15) is 0 Å². The standard InChI is InChI=1S/C14H24O5/c1-10(2)9-18-13(16)7-5-6-8-14(17)19-12(4)11(3)15/h10,12H,5-9H2,1-4H3. The predicted octanol–water partition coefficient (Wildman–Crippen LogP) is 2.27. The molecule has 0 bridgehead atoms. The summed E-state index contributed by atoms with van der Waals surface area (Å²) in [5, 5.41) is 0. The van der Waals surface area contributed by atoms with Crippen molar-refractivity contribution in [3.8, 4) is 0 Å². The van der Waals surface area contributed by atoms with E-state index in [2.05, 4.69) is 0 Å². The van der Waals surface area contributed by atoms with Gasteiger partial charge in [0.1, 0.15) is 0 Å². The summed E-state index contributed by atoms with van der Waals surface area (Å²) >= 11 is 0. The van der Waals surface area contributed by atoms with Crippen molar-refractivity contribution in [2.24, 2.45) is 5.92 Å². The minimum atomic E-state index is -0.691. The summed E-state index contributed by atoms with van der Waals surface area (Å²) < 4.78 is 9.90. The highest BCUT2D eigenvalue weighted by Gasteiger charge is 2.13. The fourth-order valence-corrected chi connectivity index (χ4v) is 1.21. The minimum absolute atomic E-state index is 0.175. The Morgan fingerprint density at radius 3 is 1.95 bits per heavy atom. The van der Waals surface area contributed by atoms with Crippen LogP contribution >= 0.6 is 0 Å². The van der Waals surface area contributed by atoms with Gasteiger partial charge in [-0.25, -0.2) is 0 Å². The topological polar surface area (TPSA) is 69.7 Å². The van der Waals surface area contributed by atoms with Gasteiger partial charge in [0.25, 0.3) is 0 Å². The molecule has 0 fully saturated rings. The zero-order chi connectivity index (χ0) is 14.8. The van der Waals surface area contributed by atoms with Crippen molar-refractivity contribution in [1.29, 1.82) is 0 Å². The highest BCUT2D eigenvalue weighted by atomic mass is 16.5. The lowest BCUT2D eigenvalue weighted by Crippen LogP contribution is -2.21. The molecule has 110 valence electrons. The molecule has 0 spiro atoms. The summed E-state index contributed by atoms with van der Waals surface area (Å²) in [6, 6.07) is 0. The highest BCUT2D eigenvalue weighted by molar-refractivity contribution is 5.83. The molecule has 0 aliphatic carbocycles. The number of unbranched alkanes of at least 4 members (excludes halogenated alkanes) is 1. The highest BCUT2D eigenvalue weighted by Crippen LogP contribution is 2.05. The smallest absolute Gasteiger partial charge is 0.306 e. The molecule has 0 rings (SSSR count). The number of ketones is 1. The number of hydrogen-bond donors (Lipinski definition) is 0. The first kappa shape index (κ1) is 17.6. The molecule has 0 N–H and O–H groups in total. The van der Waals surface area contributed by atoms with E-state index in [1.165, 1.54) is 6.92 Å². The second-order valence-electron chi connectivity index (χ2n) is 5.03. The Hall–Kier alpha value is -1.39. The number of carbonyl (C=O) groups excluding carboxylic acids is 3. The van der Waals surface area contributed by atoms with Crippen molar-refractivity contribution >= 4 is 17.7 Å². The fourth-order valence-electron chi connectivity index (χ4n) is 1.21. The van der Waals surface area contributed by atoms with E-state index in [0.717, 1.165) is 0 Å². The number of hydrogen-bond acceptors (Lipinski definition) is 5. The molecule has 0 aromatic carbocycles. The van der Waals surface area contributed by atoms with Gasteiger partial charge in [-0.3, -0.25) is 14.4 Å². The summed E-state index contributed by atoms with van der Waals surface area (Å²) in [5.74, 6) is -0.491. The normalized spacial score (nSPS) is 12.1. The molecule has 5 nitrogen and oxygen atoms in total. The van der Waals surface area contributed by atoms with E-state index in [-0.39, 0.29) is 18.2 Å². The second kappa shape index (κ2) is 9.53. The van der Waals surface area contributed by atoms with Crippen LogP contribution in [0.15, 0.2) is 0 Å². The van der Waals surface area contributed by atoms with E-state index in [1.54, 1.807) is 6.92 Å². The molecule has 0 aromatic rings. The number of rotatable bonds is 9. The number of ether oxygens (including phenoxy) is 2. The maximum atomic E-state index is 11.3. The molecule has 0 aliphatic heterocycles. The third kappa shape index (κ3) is 10.2. The Balaban J connectivity index is 3.61. The van der Waals surface area contributed by atoms with Crippen LogP contribution in [-0.4, -0.2) is 30.4 Å². The van der Waals surface area contributed by atoms with Gasteiger partial charge in [0, 0.05) is 12.8 Å². The van der Waals surface area contributed by atoms with Gasteiger partial charge >= 0.3 is 11.9 Å². The average Bonchev–Trinajstić information content (AvgIpc) is 2.31. The van der Waals surface area contributed by atoms with Gasteiger partial charge in [0.15, 0.2) is 11.9 Å². The van der Waals surface area contributed by atoms with Crippen LogP contribution in [0, 0.1) is 5.92 Å². The molecule has 0 aliphatic rings. The molecule has 1 atom stereocenters. The van der Waals surface area contributed by atoms with Crippen LogP contribution in [0.3, 0.4) is 0 Å². The molecular weight excluding hydrogens is 248 g/mol. The molecule has 0 amide bonds. The lowest BCUT2D eigenvalue weighted by molar-refractivity contribution is -0.153. The van der Waals surface area contributed by atoms with E-state index in [1.807, 2.05) is 13.8 Å². The van der Waals surface area contributed by atoms with Crippen molar-refractivity contribution in [1.82, 2.24) is 0 Å². The molecule has 5 heteroatoms. The fraction of sp³-hybridized carbons (Fsp3) is 0.786. The SMILES string of the molecule is CC(=O)C(C)OC(=O)CCCCC(=O)OCC(C)C. The molecule has 0 aromatic heterocycles. The van der Waals surface area contributed by atoms with Gasteiger partial charge in [-0.1, -0.05) is 13.8 Å². The lowest BCUT2D eigenvalue weighted by Gasteiger charge is -2.09. The molecule has 19 heavy (non-hydrogen) atoms. The van der Waals surface area contributed by atoms with Crippen molar-refractivity contribution in [3.63, 3.8) is 0 Å². The quantitative estimate of drug-likeness (QED) is 0.475. The summed E-state index contributed by atoms with van der Waals surface area (Å²) in [6.45, 7) is 7.29. The first-order chi connectivity index (χ1) is 8.82. The predicted molar refractivity (Wildman–Crippen MR) is 70.5 cm³/mol. The maximum absolute atomic E-state index is 11.3. The lowest BCUT2D eigenvalue weighted by atomic mass is 10.2. The van der Waals surface area contributed by atoms with Crippen molar-refractivity contribution in [3.05, 3.63) is 0 Å². The van der Waals surface area contributed by atoms with Gasteiger partial charge in [0.2, 0.25) is 0 Å². The van der Waals surface area contributed by atoms with Crippen LogP contribution < -0.4 is 0 Å². The number of Topliss-reactive ketones (excluding diaryl/α,β-unsaturated/α-hetero) is 1. The minimum Gasteiger partial charge on any atom is -0.465 e. The number of carbonyl (C=O) groups is 3. The molecule has 0 saturated carbocycles. The Morgan fingerprint density at radius 2 is 1.47 bits per heavy atom. The summed E-state index contributed by atoms with van der Waals surface area (Å²) in [7, 11) is 0. The van der Waals surface area contributed by atoms with Crippen molar-refractivity contribution in [2.45, 2.75) is 59.5 Å². The largest absolute Gasteiger partial charge is 0.465 e. The zero-order valence-corrected chi connectivity index (χ0v) is 12.2. The van der Waals surface area contributed by atoms with E-state index >= 15 is 0 Å². The molecule has 0 radical (unpaired) electrons. The third-order valence-electron chi connectivity index (χ3n) is 2.47. The zero-order valence-electron chi connectivity index (χ0n) is 12.2. The van der Waals surface area contributed by atoms with Crippen LogP contribution in [0.25, 0.3) is 0 Å². The molecule has 0 saturated heterocycles. The number of esters is 2. The molecule has 0 heterocycles. The second-order valence-corrected chi connectivity index (χ2v) is 5.03. The first-order valence-electron chi connectivity index (χ1n) is 6.68. The van der Waals surface area contributed by atoms with Gasteiger partial charge in [0.05, 0.1) is 6.61 Å². The van der Waals surface area contributed by atoms with Crippen molar-refractivity contribution < 1.29 is 23.9 Å². The average molecular weight is 272 g/mol. The molecular formula is C14H24O5. The van der Waals surface area contributed by atoms with Gasteiger partial charge < -0.3 is 9.47 Å². The Labute approximate surface area is 114 Å². The maximum Gasteiger partial charge on any atom is 0.306 e. The van der Waals surface area contributed by atoms with Crippen LogP contribution in [0.2, 0.25) is 0 Å². The first-order valence-corrected chi connectivity index (χ1v) is 6.68. The monoisotopic (exact) mass is 272 g/mol. The summed E-state index contributed by atoms with van der Waals surface area (Å²) in [6.07, 6.45) is 0.974. The van der Waals surface area contributed by atoms with Crippen LogP contribution in [0.4, 0.5) is 0 Å². The van der Waals surface area contributed by atoms with Gasteiger partial charge in [-0.05, 0) is 32.6 Å². The van der Waals surface area contributed by atoms with Crippen LogP contribution in [0.1, 0.15) is 53.4 Å². The van der Waals surface area contributed by atoms with E-state index in [0.29, 0.717) is 31.8 Å². The Kier molecular flexibility index (Phi) is 8.83. The van der Waals surface area contributed by atoms with E-state index in [4.69, 9.17) is 9.47 Å².